The lowest BCUT2D eigenvalue weighted by Gasteiger charge is -2.39. The van der Waals surface area contributed by atoms with E-state index in [1.54, 1.807) is 36.3 Å². The Labute approximate surface area is 154 Å². The number of nitrogens with zero attached hydrogens (tertiary/aromatic N) is 3. The molecule has 0 saturated carbocycles. The second-order valence-corrected chi connectivity index (χ2v) is 7.19. The molecule has 6 nitrogen and oxygen atoms in total. The Hall–Kier alpha value is -2.39. The van der Waals surface area contributed by atoms with E-state index in [1.807, 2.05) is 4.90 Å². The third-order valence-electron chi connectivity index (χ3n) is 5.48. The summed E-state index contributed by atoms with van der Waals surface area (Å²) >= 11 is 0. The van der Waals surface area contributed by atoms with Gasteiger partial charge in [-0.05, 0) is 43.9 Å². The average molecular weight is 355 g/mol. The molecule has 1 aromatic carbocycles. The number of likely N-dealkylation sites (tertiary alicyclic amines) is 2. The van der Waals surface area contributed by atoms with Crippen LogP contribution in [0.2, 0.25) is 0 Å². The number of ether oxygens (including phenoxy) is 1. The predicted molar refractivity (Wildman–Crippen MR) is 96.4 cm³/mol. The van der Waals surface area contributed by atoms with E-state index in [0.29, 0.717) is 37.4 Å². The first-order valence-corrected chi connectivity index (χ1v) is 9.17. The lowest BCUT2D eigenvalue weighted by Crippen LogP contribution is -2.50. The zero-order valence-corrected chi connectivity index (χ0v) is 15.2. The van der Waals surface area contributed by atoms with Crippen molar-refractivity contribution in [1.82, 2.24) is 9.80 Å². The topological polar surface area (TPSA) is 73.6 Å². The first-order valence-electron chi connectivity index (χ1n) is 9.17. The number of hydrogen-bond donors (Lipinski definition) is 0. The monoisotopic (exact) mass is 355 g/mol. The molecule has 2 saturated heterocycles. The third kappa shape index (κ3) is 3.58. The fourth-order valence-electron chi connectivity index (χ4n) is 4.09. The van der Waals surface area contributed by atoms with Gasteiger partial charge in [0.2, 0.25) is 5.91 Å². The molecule has 138 valence electrons. The number of nitriles is 1. The molecule has 1 aromatic rings. The van der Waals surface area contributed by atoms with Crippen LogP contribution >= 0.6 is 0 Å². The molecule has 1 atom stereocenters. The number of hydrogen-bond acceptors (Lipinski definition) is 4. The fourth-order valence-corrected chi connectivity index (χ4v) is 4.09. The van der Waals surface area contributed by atoms with Gasteiger partial charge in [0.05, 0.1) is 17.0 Å². The Morgan fingerprint density at radius 1 is 1.35 bits per heavy atom. The van der Waals surface area contributed by atoms with Crippen LogP contribution in [-0.4, -0.2) is 61.5 Å². The molecule has 2 aliphatic rings. The van der Waals surface area contributed by atoms with Crippen LogP contribution in [0.4, 0.5) is 0 Å². The summed E-state index contributed by atoms with van der Waals surface area (Å²) in [6.07, 6.45) is 3.37. The van der Waals surface area contributed by atoms with Gasteiger partial charge in [-0.15, -0.1) is 0 Å². The van der Waals surface area contributed by atoms with Crippen molar-refractivity contribution in [2.24, 2.45) is 5.41 Å². The molecule has 6 heteroatoms. The largest absolute Gasteiger partial charge is 0.385 e. The average Bonchev–Trinajstić information content (AvgIpc) is 3.10. The first-order chi connectivity index (χ1) is 12.6. The van der Waals surface area contributed by atoms with Crippen molar-refractivity contribution in [1.29, 1.82) is 5.26 Å². The Morgan fingerprint density at radius 3 is 2.96 bits per heavy atom. The van der Waals surface area contributed by atoms with Crippen LogP contribution in [0, 0.1) is 16.7 Å². The van der Waals surface area contributed by atoms with Crippen LogP contribution in [0.5, 0.6) is 0 Å². The second kappa shape index (κ2) is 7.88. The molecule has 0 aromatic heterocycles. The van der Waals surface area contributed by atoms with Crippen LogP contribution in [-0.2, 0) is 9.53 Å². The van der Waals surface area contributed by atoms with E-state index in [2.05, 4.69) is 6.07 Å². The lowest BCUT2D eigenvalue weighted by atomic mass is 9.78. The summed E-state index contributed by atoms with van der Waals surface area (Å²) in [5.41, 5.74) is 0.553. The Morgan fingerprint density at radius 2 is 2.19 bits per heavy atom. The van der Waals surface area contributed by atoms with Gasteiger partial charge in [0.15, 0.2) is 0 Å². The van der Waals surface area contributed by atoms with Crippen molar-refractivity contribution in [2.75, 3.05) is 39.9 Å². The number of methoxy groups -OCH3 is 1. The van der Waals surface area contributed by atoms with Gasteiger partial charge in [-0.2, -0.15) is 5.26 Å². The molecule has 0 bridgehead atoms. The first kappa shape index (κ1) is 18.4. The molecule has 3 rings (SSSR count). The summed E-state index contributed by atoms with van der Waals surface area (Å²) < 4.78 is 5.09. The van der Waals surface area contributed by atoms with E-state index < -0.39 is 5.41 Å². The van der Waals surface area contributed by atoms with Crippen LogP contribution in [0.25, 0.3) is 0 Å². The smallest absolute Gasteiger partial charge is 0.253 e. The predicted octanol–water partition coefficient (Wildman–Crippen LogP) is 2.05. The second-order valence-electron chi connectivity index (χ2n) is 7.19. The van der Waals surface area contributed by atoms with Crippen LogP contribution < -0.4 is 0 Å². The van der Waals surface area contributed by atoms with E-state index in [4.69, 9.17) is 10.00 Å². The maximum atomic E-state index is 13.1. The van der Waals surface area contributed by atoms with E-state index in [1.165, 1.54) is 0 Å². The van der Waals surface area contributed by atoms with Gasteiger partial charge in [0.25, 0.3) is 5.91 Å². The van der Waals surface area contributed by atoms with Gasteiger partial charge in [0.1, 0.15) is 0 Å². The fraction of sp³-hybridized carbons (Fsp3) is 0.550. The zero-order valence-electron chi connectivity index (χ0n) is 15.2. The molecule has 1 spiro atoms. The molecular weight excluding hydrogens is 330 g/mol. The Bertz CT molecular complexity index is 727. The highest BCUT2D eigenvalue weighted by molar-refractivity contribution is 5.95. The van der Waals surface area contributed by atoms with Gasteiger partial charge < -0.3 is 14.5 Å². The van der Waals surface area contributed by atoms with Crippen molar-refractivity contribution in [2.45, 2.75) is 25.7 Å². The number of piperidine rings is 1. The van der Waals surface area contributed by atoms with Crippen molar-refractivity contribution in [3.8, 4) is 6.07 Å². The minimum Gasteiger partial charge on any atom is -0.385 e. The normalized spacial score (nSPS) is 22.7. The van der Waals surface area contributed by atoms with Gasteiger partial charge >= 0.3 is 0 Å². The van der Waals surface area contributed by atoms with Gasteiger partial charge in [-0.1, -0.05) is 6.07 Å². The van der Waals surface area contributed by atoms with E-state index >= 15 is 0 Å². The van der Waals surface area contributed by atoms with Gasteiger partial charge in [-0.25, -0.2) is 0 Å². The van der Waals surface area contributed by atoms with Gasteiger partial charge in [0, 0.05) is 45.5 Å². The maximum Gasteiger partial charge on any atom is 0.253 e. The van der Waals surface area contributed by atoms with E-state index in [-0.39, 0.29) is 11.8 Å². The Balaban J connectivity index is 1.69. The molecule has 26 heavy (non-hydrogen) atoms. The number of amides is 2. The maximum absolute atomic E-state index is 13.1. The minimum atomic E-state index is -0.437. The lowest BCUT2D eigenvalue weighted by molar-refractivity contribution is -0.145. The molecule has 0 aliphatic carbocycles. The number of rotatable bonds is 5. The number of carbonyl (C=O) groups is 2. The summed E-state index contributed by atoms with van der Waals surface area (Å²) in [5.74, 6) is 0.0872. The highest BCUT2D eigenvalue weighted by atomic mass is 16.5. The summed E-state index contributed by atoms with van der Waals surface area (Å²) in [4.78, 5) is 29.6. The SMILES string of the molecule is COCCCN1CCC[C@]2(CCN(C(=O)c3cccc(C#N)c3)C2)C1=O. The molecule has 0 radical (unpaired) electrons. The van der Waals surface area contributed by atoms with E-state index in [0.717, 1.165) is 32.2 Å². The highest BCUT2D eigenvalue weighted by Crippen LogP contribution is 2.40. The molecule has 0 unspecified atom stereocenters. The highest BCUT2D eigenvalue weighted by Gasteiger charge is 2.49. The summed E-state index contributed by atoms with van der Waals surface area (Å²) in [5, 5.41) is 9.03. The van der Waals surface area contributed by atoms with Crippen LogP contribution in [0.1, 0.15) is 41.6 Å². The summed E-state index contributed by atoms with van der Waals surface area (Å²) in [7, 11) is 1.67. The molecule has 2 heterocycles. The standard InChI is InChI=1S/C20H25N3O3/c1-26-12-4-10-22-9-3-7-20(19(22)25)8-11-23(15-20)18(24)17-6-2-5-16(13-17)14-21/h2,5-6,13H,3-4,7-12,15H2,1H3/t20-/m1/s1. The summed E-state index contributed by atoms with van der Waals surface area (Å²) in [6.45, 7) is 3.22. The van der Waals surface area contributed by atoms with Gasteiger partial charge in [-0.3, -0.25) is 9.59 Å². The zero-order chi connectivity index (χ0) is 18.6. The molecule has 2 amide bonds. The quantitative estimate of drug-likeness (QED) is 0.758. The minimum absolute atomic E-state index is 0.0942. The summed E-state index contributed by atoms with van der Waals surface area (Å²) in [6, 6.07) is 8.82. The molecule has 0 N–H and O–H groups in total. The molecule has 2 fully saturated rings. The van der Waals surface area contributed by atoms with Crippen molar-refractivity contribution >= 4 is 11.8 Å². The van der Waals surface area contributed by atoms with Crippen molar-refractivity contribution in [3.63, 3.8) is 0 Å². The number of carbonyl (C=O) groups excluding carboxylic acids is 2. The molecular formula is C20H25N3O3. The number of benzene rings is 1. The molecule has 2 aliphatic heterocycles. The third-order valence-corrected chi connectivity index (χ3v) is 5.48. The Kier molecular flexibility index (Phi) is 5.58. The van der Waals surface area contributed by atoms with Crippen molar-refractivity contribution < 1.29 is 14.3 Å². The van der Waals surface area contributed by atoms with Crippen LogP contribution in [0.15, 0.2) is 24.3 Å². The van der Waals surface area contributed by atoms with Crippen LogP contribution in [0.3, 0.4) is 0 Å². The van der Waals surface area contributed by atoms with Crippen molar-refractivity contribution in [3.05, 3.63) is 35.4 Å². The van der Waals surface area contributed by atoms with E-state index in [9.17, 15) is 9.59 Å².